The Kier molecular flexibility index (Phi) is 5.35. The number of amides is 3. The van der Waals surface area contributed by atoms with Crippen molar-refractivity contribution in [2.45, 2.75) is 38.0 Å². The number of hydrogen-bond donors (Lipinski definition) is 1. The fraction of sp³-hybridized carbons (Fsp3) is 0.500. The maximum atomic E-state index is 13.7. The number of rotatable bonds is 3. The number of likely N-dealkylation sites (tertiary alicyclic amines) is 1. The largest absolute Gasteiger partial charge is 0.308 e. The van der Waals surface area contributed by atoms with E-state index in [0.29, 0.717) is 6.54 Å². The Morgan fingerprint density at radius 3 is 2.55 bits per heavy atom. The van der Waals surface area contributed by atoms with Crippen molar-refractivity contribution in [3.63, 3.8) is 0 Å². The quantitative estimate of drug-likeness (QED) is 0.812. The molecule has 3 amide bonds. The number of hydrogen-bond acceptors (Lipinski definition) is 6. The zero-order valence-electron chi connectivity index (χ0n) is 16.7. The van der Waals surface area contributed by atoms with Gasteiger partial charge in [-0.3, -0.25) is 14.4 Å². The molecule has 9 heteroatoms. The summed E-state index contributed by atoms with van der Waals surface area (Å²) in [6.07, 6.45) is 3.64. The lowest BCUT2D eigenvalue weighted by atomic mass is 10.1. The van der Waals surface area contributed by atoms with Crippen molar-refractivity contribution in [1.29, 1.82) is 0 Å². The van der Waals surface area contributed by atoms with Crippen LogP contribution in [0.15, 0.2) is 29.4 Å². The lowest BCUT2D eigenvalue weighted by Gasteiger charge is -2.31. The summed E-state index contributed by atoms with van der Waals surface area (Å²) in [6, 6.07) is 7.53. The maximum absolute atomic E-state index is 13.7. The molecule has 1 saturated heterocycles. The molecule has 1 N–H and O–H groups in total. The Balaban J connectivity index is 1.66. The zero-order chi connectivity index (χ0) is 20.6. The first-order chi connectivity index (χ1) is 13.9. The van der Waals surface area contributed by atoms with Crippen molar-refractivity contribution in [3.05, 3.63) is 29.8 Å². The molecule has 1 spiro atoms. The van der Waals surface area contributed by atoms with Gasteiger partial charge in [-0.25, -0.2) is 0 Å². The molecule has 8 nitrogen and oxygen atoms in total. The number of amidine groups is 1. The zero-order valence-corrected chi connectivity index (χ0v) is 17.5. The molecule has 0 aromatic heterocycles. The molecule has 1 fully saturated rings. The van der Waals surface area contributed by atoms with E-state index in [1.165, 1.54) is 38.1 Å². The number of nitrogens with one attached hydrogen (secondary N) is 1. The summed E-state index contributed by atoms with van der Waals surface area (Å²) in [6.45, 7) is 6.22. The Bertz CT molecular complexity index is 883. The van der Waals surface area contributed by atoms with Gasteiger partial charge in [0.15, 0.2) is 5.17 Å². The molecule has 154 valence electrons. The normalized spacial score (nSPS) is 24.1. The minimum atomic E-state index is -1.30. The van der Waals surface area contributed by atoms with E-state index in [9.17, 15) is 14.4 Å². The molecule has 29 heavy (non-hydrogen) atoms. The number of anilines is 1. The van der Waals surface area contributed by atoms with Crippen LogP contribution < -0.4 is 10.2 Å². The van der Waals surface area contributed by atoms with Gasteiger partial charge in [-0.2, -0.15) is 5.01 Å². The van der Waals surface area contributed by atoms with Gasteiger partial charge < -0.3 is 15.1 Å². The predicted molar refractivity (Wildman–Crippen MR) is 112 cm³/mol. The number of para-hydroxylation sites is 1. The number of benzene rings is 1. The summed E-state index contributed by atoms with van der Waals surface area (Å²) in [4.78, 5) is 40.5. The van der Waals surface area contributed by atoms with Gasteiger partial charge in [0.25, 0.3) is 5.91 Å². The Morgan fingerprint density at radius 2 is 1.86 bits per heavy atom. The minimum absolute atomic E-state index is 0.194. The molecule has 1 aromatic rings. The van der Waals surface area contributed by atoms with Gasteiger partial charge in [-0.15, -0.1) is 5.10 Å². The number of carbonyl (C=O) groups excluding carboxylic acids is 3. The highest BCUT2D eigenvalue weighted by Gasteiger charge is 2.60. The number of fused-ring (bicyclic) bond motifs is 2. The second-order valence-corrected chi connectivity index (χ2v) is 8.72. The molecule has 0 radical (unpaired) electrons. The van der Waals surface area contributed by atoms with Crippen molar-refractivity contribution in [2.24, 2.45) is 5.10 Å². The predicted octanol–water partition coefficient (Wildman–Crippen LogP) is 1.67. The summed E-state index contributed by atoms with van der Waals surface area (Å²) in [7, 11) is 0. The molecular weight excluding hydrogens is 390 g/mol. The molecule has 0 aliphatic carbocycles. The molecule has 1 atom stereocenters. The number of piperidine rings is 1. The Labute approximate surface area is 174 Å². The van der Waals surface area contributed by atoms with Crippen LogP contribution in [0.2, 0.25) is 0 Å². The molecule has 3 aliphatic rings. The van der Waals surface area contributed by atoms with Crippen molar-refractivity contribution < 1.29 is 14.4 Å². The van der Waals surface area contributed by atoms with Gasteiger partial charge in [-0.1, -0.05) is 24.6 Å². The van der Waals surface area contributed by atoms with Crippen LogP contribution in [-0.4, -0.2) is 59.0 Å². The van der Waals surface area contributed by atoms with E-state index in [-0.39, 0.29) is 22.9 Å². The van der Waals surface area contributed by atoms with Gasteiger partial charge in [0.2, 0.25) is 16.7 Å². The number of carbonyl (C=O) groups is 3. The van der Waals surface area contributed by atoms with Crippen molar-refractivity contribution in [1.82, 2.24) is 15.2 Å². The van der Waals surface area contributed by atoms with Crippen LogP contribution in [0.3, 0.4) is 0 Å². The number of thioether (sulfide) groups is 1. The van der Waals surface area contributed by atoms with E-state index in [1.807, 2.05) is 24.3 Å². The summed E-state index contributed by atoms with van der Waals surface area (Å²) in [5.74, 6) is -0.837. The first-order valence-electron chi connectivity index (χ1n) is 9.93. The summed E-state index contributed by atoms with van der Waals surface area (Å²) in [5.41, 5.74) is 1.53. The van der Waals surface area contributed by atoms with Gasteiger partial charge in [-0.05, 0) is 43.8 Å². The van der Waals surface area contributed by atoms with Crippen molar-refractivity contribution in [3.8, 4) is 0 Å². The first kappa shape index (κ1) is 19.9. The van der Waals surface area contributed by atoms with E-state index in [4.69, 9.17) is 0 Å². The molecule has 0 saturated carbocycles. The summed E-state index contributed by atoms with van der Waals surface area (Å²) in [5, 5.41) is 8.37. The molecule has 3 aliphatic heterocycles. The van der Waals surface area contributed by atoms with Crippen LogP contribution in [0.5, 0.6) is 0 Å². The van der Waals surface area contributed by atoms with Crippen molar-refractivity contribution >= 4 is 40.3 Å². The fourth-order valence-electron chi connectivity index (χ4n) is 4.21. The third-order valence-corrected chi connectivity index (χ3v) is 6.74. The van der Waals surface area contributed by atoms with Gasteiger partial charge in [0.1, 0.15) is 0 Å². The Hall–Kier alpha value is -2.39. The molecule has 1 aromatic carbocycles. The monoisotopic (exact) mass is 415 g/mol. The summed E-state index contributed by atoms with van der Waals surface area (Å²) >= 11 is 1.12. The number of nitrogens with zero attached hydrogens (tertiary/aromatic N) is 4. The van der Waals surface area contributed by atoms with Crippen molar-refractivity contribution in [2.75, 3.05) is 31.1 Å². The van der Waals surface area contributed by atoms with Crippen LogP contribution >= 0.6 is 11.8 Å². The van der Waals surface area contributed by atoms with E-state index < -0.39 is 4.87 Å². The topological polar surface area (TPSA) is 85.3 Å². The number of hydrazone groups is 1. The molecule has 4 rings (SSSR count). The maximum Gasteiger partial charge on any atom is 0.270 e. The Morgan fingerprint density at radius 1 is 1.14 bits per heavy atom. The van der Waals surface area contributed by atoms with Crippen LogP contribution in [0, 0.1) is 0 Å². The second kappa shape index (κ2) is 7.79. The summed E-state index contributed by atoms with van der Waals surface area (Å²) < 4.78 is 0. The lowest BCUT2D eigenvalue weighted by molar-refractivity contribution is -0.139. The third-order valence-electron chi connectivity index (χ3n) is 5.50. The first-order valence-corrected chi connectivity index (χ1v) is 10.7. The standard InChI is InChI=1S/C20H25N5O3S/c1-14(26)21-19-22-25(15(2)27)20(29-19)16-8-4-5-9-17(16)24(18(20)28)13-12-23-10-6-3-7-11-23/h4-5,8-9H,3,6-7,10-13H2,1-2H3,(H,21,22,26)/t20-/m1/s1. The highest BCUT2D eigenvalue weighted by molar-refractivity contribution is 8.15. The molecular formula is C20H25N5O3S. The molecule has 3 heterocycles. The van der Waals surface area contributed by atoms with Crippen LogP contribution in [0.4, 0.5) is 5.69 Å². The third kappa shape index (κ3) is 3.42. The minimum Gasteiger partial charge on any atom is -0.308 e. The fourth-order valence-corrected chi connectivity index (χ4v) is 5.54. The van der Waals surface area contributed by atoms with E-state index >= 15 is 0 Å². The van der Waals surface area contributed by atoms with E-state index in [0.717, 1.165) is 42.6 Å². The molecule has 0 bridgehead atoms. The van der Waals surface area contributed by atoms with Gasteiger partial charge in [0.05, 0.1) is 5.69 Å². The molecule has 0 unspecified atom stereocenters. The smallest absolute Gasteiger partial charge is 0.270 e. The highest BCUT2D eigenvalue weighted by atomic mass is 32.2. The lowest BCUT2D eigenvalue weighted by Crippen LogP contribution is -2.50. The van der Waals surface area contributed by atoms with Crippen LogP contribution in [0.1, 0.15) is 38.7 Å². The van der Waals surface area contributed by atoms with Gasteiger partial charge >= 0.3 is 0 Å². The van der Waals surface area contributed by atoms with Gasteiger partial charge in [0, 0.05) is 32.5 Å². The SMILES string of the molecule is CC(=O)NC1=NN(C(C)=O)[C@]2(S1)C(=O)N(CCN1CCCCC1)c1ccccc12. The average Bonchev–Trinajstić information content (AvgIpc) is 3.18. The second-order valence-electron chi connectivity index (χ2n) is 7.54. The highest BCUT2D eigenvalue weighted by Crippen LogP contribution is 2.54. The van der Waals surface area contributed by atoms with Crippen LogP contribution in [-0.2, 0) is 19.3 Å². The van der Waals surface area contributed by atoms with E-state index in [2.05, 4.69) is 15.3 Å². The van der Waals surface area contributed by atoms with E-state index in [1.54, 1.807) is 4.90 Å². The van der Waals surface area contributed by atoms with Crippen LogP contribution in [0.25, 0.3) is 0 Å². The average molecular weight is 416 g/mol.